The second kappa shape index (κ2) is 6.57. The van der Waals surface area contributed by atoms with Crippen molar-refractivity contribution in [3.05, 3.63) is 84.9 Å². The third-order valence-electron chi connectivity index (χ3n) is 5.65. The van der Waals surface area contributed by atoms with E-state index in [1.165, 1.54) is 53.4 Å². The Bertz CT molecular complexity index is 1390. The van der Waals surface area contributed by atoms with Gasteiger partial charge in [0.25, 0.3) is 0 Å². The van der Waals surface area contributed by atoms with Crippen molar-refractivity contribution in [3.8, 4) is 0 Å². The van der Waals surface area contributed by atoms with Crippen LogP contribution in [0.2, 0.25) is 0 Å². The molecule has 1 unspecified atom stereocenters. The number of benzene rings is 4. The number of rotatable bonds is 4. The zero-order chi connectivity index (χ0) is 19.3. The summed E-state index contributed by atoms with van der Waals surface area (Å²) in [6.07, 6.45) is 1.93. The number of hydrogen-bond acceptors (Lipinski definition) is 2. The first-order valence-electron chi connectivity index (χ1n) is 9.58. The van der Waals surface area contributed by atoms with E-state index in [1.54, 1.807) is 0 Å². The molecule has 0 amide bonds. The molecular formula is C26H20OS. The summed E-state index contributed by atoms with van der Waals surface area (Å²) < 4.78 is 2.60. The average Bonchev–Trinajstić information content (AvgIpc) is 3.13. The molecule has 1 atom stereocenters. The topological polar surface area (TPSA) is 17.1 Å². The molecule has 1 nitrogen and oxygen atoms in total. The monoisotopic (exact) mass is 380 g/mol. The predicted molar refractivity (Wildman–Crippen MR) is 123 cm³/mol. The maximum Gasteiger partial charge on any atom is 0.155 e. The van der Waals surface area contributed by atoms with Crippen LogP contribution in [-0.4, -0.2) is 5.78 Å². The lowest BCUT2D eigenvalue weighted by atomic mass is 9.90. The molecule has 28 heavy (non-hydrogen) atoms. The standard InChI is InChI=1S/C26H20OS/c1-3-19(27)14-16(2)22-15-18-9-5-7-11-21(18)25-24-20-10-6-4-8-17(20)12-13-23(24)28-26(22)25/h3-13,15-16H,1,14H2,2H3. The maximum absolute atomic E-state index is 12.0. The van der Waals surface area contributed by atoms with Crippen LogP contribution < -0.4 is 0 Å². The first-order valence-corrected chi connectivity index (χ1v) is 10.4. The van der Waals surface area contributed by atoms with Gasteiger partial charge in [0.1, 0.15) is 0 Å². The molecule has 0 bridgehead atoms. The largest absolute Gasteiger partial charge is 0.295 e. The first kappa shape index (κ1) is 17.2. The summed E-state index contributed by atoms with van der Waals surface area (Å²) in [5.41, 5.74) is 1.26. The van der Waals surface area contributed by atoms with E-state index in [9.17, 15) is 4.79 Å². The highest BCUT2D eigenvalue weighted by atomic mass is 32.1. The highest BCUT2D eigenvalue weighted by Crippen LogP contribution is 2.45. The van der Waals surface area contributed by atoms with Gasteiger partial charge in [-0.2, -0.15) is 0 Å². The van der Waals surface area contributed by atoms with Crippen LogP contribution in [0.4, 0.5) is 0 Å². The van der Waals surface area contributed by atoms with E-state index in [0.29, 0.717) is 6.42 Å². The van der Waals surface area contributed by atoms with Crippen molar-refractivity contribution in [2.24, 2.45) is 0 Å². The van der Waals surface area contributed by atoms with Gasteiger partial charge in [-0.05, 0) is 51.2 Å². The highest BCUT2D eigenvalue weighted by Gasteiger charge is 2.19. The second-order valence-electron chi connectivity index (χ2n) is 7.43. The van der Waals surface area contributed by atoms with E-state index in [-0.39, 0.29) is 11.7 Å². The number of allylic oxidation sites excluding steroid dienone is 1. The lowest BCUT2D eigenvalue weighted by Gasteiger charge is -2.14. The first-order chi connectivity index (χ1) is 13.7. The number of carbonyl (C=O) groups is 1. The molecule has 0 spiro atoms. The Morgan fingerprint density at radius 2 is 1.64 bits per heavy atom. The summed E-state index contributed by atoms with van der Waals surface area (Å²) in [6.45, 7) is 5.79. The molecule has 0 aliphatic rings. The van der Waals surface area contributed by atoms with Crippen molar-refractivity contribution in [2.75, 3.05) is 0 Å². The summed E-state index contributed by atoms with van der Waals surface area (Å²) in [5.74, 6) is 0.248. The summed E-state index contributed by atoms with van der Waals surface area (Å²) in [5, 5.41) is 7.73. The van der Waals surface area contributed by atoms with Crippen molar-refractivity contribution in [1.82, 2.24) is 0 Å². The van der Waals surface area contributed by atoms with Gasteiger partial charge < -0.3 is 0 Å². The van der Waals surface area contributed by atoms with Crippen molar-refractivity contribution >= 4 is 58.8 Å². The SMILES string of the molecule is C=CC(=O)CC(C)c1cc2ccccc2c2c1sc1ccc3ccccc3c12. The van der Waals surface area contributed by atoms with Crippen LogP contribution in [0.25, 0.3) is 41.7 Å². The van der Waals surface area contributed by atoms with E-state index < -0.39 is 0 Å². The molecule has 0 saturated heterocycles. The summed E-state index contributed by atoms with van der Waals surface area (Å²) in [7, 11) is 0. The molecule has 1 aromatic heterocycles. The van der Waals surface area contributed by atoms with Crippen LogP contribution in [0.1, 0.15) is 24.8 Å². The third-order valence-corrected chi connectivity index (χ3v) is 6.85. The average molecular weight is 381 g/mol. The number of thiophene rings is 1. The molecule has 1 heterocycles. The Morgan fingerprint density at radius 1 is 0.964 bits per heavy atom. The van der Waals surface area contributed by atoms with Gasteiger partial charge in [0.15, 0.2) is 5.78 Å². The van der Waals surface area contributed by atoms with Gasteiger partial charge in [-0.1, -0.05) is 68.1 Å². The van der Waals surface area contributed by atoms with Crippen LogP contribution in [0.3, 0.4) is 0 Å². The minimum Gasteiger partial charge on any atom is -0.295 e. The second-order valence-corrected chi connectivity index (χ2v) is 8.48. The number of carbonyl (C=O) groups excluding carboxylic acids is 1. The fourth-order valence-electron chi connectivity index (χ4n) is 4.27. The van der Waals surface area contributed by atoms with Gasteiger partial charge in [-0.3, -0.25) is 4.79 Å². The Hall–Kier alpha value is -2.97. The molecule has 5 aromatic rings. The maximum atomic E-state index is 12.0. The van der Waals surface area contributed by atoms with Crippen molar-refractivity contribution in [3.63, 3.8) is 0 Å². The molecular weight excluding hydrogens is 360 g/mol. The fraction of sp³-hybridized carbons (Fsp3) is 0.115. The van der Waals surface area contributed by atoms with Crippen LogP contribution in [-0.2, 0) is 4.79 Å². The van der Waals surface area contributed by atoms with Gasteiger partial charge in [-0.25, -0.2) is 0 Å². The van der Waals surface area contributed by atoms with E-state index in [0.717, 1.165) is 0 Å². The van der Waals surface area contributed by atoms with Gasteiger partial charge >= 0.3 is 0 Å². The zero-order valence-electron chi connectivity index (χ0n) is 15.7. The molecule has 0 saturated carbocycles. The molecule has 4 aromatic carbocycles. The molecule has 0 fully saturated rings. The minimum atomic E-state index is 0.0976. The number of fused-ring (bicyclic) bond motifs is 7. The molecule has 0 radical (unpaired) electrons. The summed E-state index contributed by atoms with van der Waals surface area (Å²) in [6, 6.07) is 23.9. The van der Waals surface area contributed by atoms with Gasteiger partial charge in [0.2, 0.25) is 0 Å². The van der Waals surface area contributed by atoms with Crippen LogP contribution in [0, 0.1) is 0 Å². The quantitative estimate of drug-likeness (QED) is 0.293. The van der Waals surface area contributed by atoms with E-state index in [1.807, 2.05) is 11.3 Å². The molecule has 0 N–H and O–H groups in total. The molecule has 0 aliphatic heterocycles. The van der Waals surface area contributed by atoms with Crippen LogP contribution in [0.5, 0.6) is 0 Å². The van der Waals surface area contributed by atoms with Crippen molar-refractivity contribution < 1.29 is 4.79 Å². The molecule has 136 valence electrons. The smallest absolute Gasteiger partial charge is 0.155 e. The molecule has 5 rings (SSSR count). The van der Waals surface area contributed by atoms with Crippen molar-refractivity contribution in [2.45, 2.75) is 19.3 Å². The fourth-order valence-corrected chi connectivity index (χ4v) is 5.64. The van der Waals surface area contributed by atoms with E-state index >= 15 is 0 Å². The summed E-state index contributed by atoms with van der Waals surface area (Å²) in [4.78, 5) is 12.0. The Morgan fingerprint density at radius 3 is 2.39 bits per heavy atom. The van der Waals surface area contributed by atoms with Gasteiger partial charge in [0.05, 0.1) is 0 Å². The van der Waals surface area contributed by atoms with Crippen LogP contribution >= 0.6 is 11.3 Å². The van der Waals surface area contributed by atoms with Gasteiger partial charge in [0, 0.05) is 26.6 Å². The minimum absolute atomic E-state index is 0.0976. The normalized spacial score (nSPS) is 12.8. The molecule has 2 heteroatoms. The Labute approximate surface area is 167 Å². The van der Waals surface area contributed by atoms with Crippen LogP contribution in [0.15, 0.2) is 79.4 Å². The van der Waals surface area contributed by atoms with Gasteiger partial charge in [-0.15, -0.1) is 11.3 Å². The number of hydrogen-bond donors (Lipinski definition) is 0. The Kier molecular flexibility index (Phi) is 4.03. The zero-order valence-corrected chi connectivity index (χ0v) is 16.6. The number of ketones is 1. The predicted octanol–water partition coefficient (Wildman–Crippen LogP) is 7.61. The van der Waals surface area contributed by atoms with E-state index in [4.69, 9.17) is 0 Å². The highest BCUT2D eigenvalue weighted by molar-refractivity contribution is 7.26. The van der Waals surface area contributed by atoms with Crippen molar-refractivity contribution in [1.29, 1.82) is 0 Å². The lowest BCUT2D eigenvalue weighted by molar-refractivity contribution is -0.114. The third kappa shape index (κ3) is 2.56. The molecule has 0 aliphatic carbocycles. The van der Waals surface area contributed by atoms with E-state index in [2.05, 4.69) is 80.2 Å². The lowest BCUT2D eigenvalue weighted by Crippen LogP contribution is -2.01. The Balaban J connectivity index is 1.95. The summed E-state index contributed by atoms with van der Waals surface area (Å²) >= 11 is 1.84.